The Morgan fingerprint density at radius 3 is 2.40 bits per heavy atom. The van der Waals surface area contributed by atoms with E-state index in [1.54, 1.807) is 23.1 Å². The van der Waals surface area contributed by atoms with Gasteiger partial charge in [0.1, 0.15) is 11.9 Å². The maximum absolute atomic E-state index is 14.0. The van der Waals surface area contributed by atoms with Gasteiger partial charge in [0, 0.05) is 25.3 Å². The normalized spacial score (nSPS) is 20.8. The van der Waals surface area contributed by atoms with Gasteiger partial charge in [-0.15, -0.1) is 0 Å². The van der Waals surface area contributed by atoms with Crippen molar-refractivity contribution in [2.75, 3.05) is 19.7 Å². The molecule has 2 saturated heterocycles. The molecule has 2 aromatic rings. The van der Waals surface area contributed by atoms with Crippen LogP contribution in [0.25, 0.3) is 11.1 Å². The van der Waals surface area contributed by atoms with Crippen molar-refractivity contribution in [2.24, 2.45) is 11.1 Å². The average molecular weight is 410 g/mol. The Labute approximate surface area is 176 Å². The Kier molecular flexibility index (Phi) is 5.86. The van der Waals surface area contributed by atoms with Crippen LogP contribution in [0, 0.1) is 11.2 Å². The second-order valence-electron chi connectivity index (χ2n) is 8.33. The molecule has 2 fully saturated rings. The summed E-state index contributed by atoms with van der Waals surface area (Å²) in [7, 11) is 0. The third-order valence-electron chi connectivity index (χ3n) is 6.44. The summed E-state index contributed by atoms with van der Waals surface area (Å²) < 4.78 is 19.5. The first-order chi connectivity index (χ1) is 14.5. The van der Waals surface area contributed by atoms with Crippen molar-refractivity contribution in [3.63, 3.8) is 0 Å². The lowest BCUT2D eigenvalue weighted by Gasteiger charge is -2.40. The first-order valence-electron chi connectivity index (χ1n) is 10.5. The second-order valence-corrected chi connectivity index (χ2v) is 8.33. The Balaban J connectivity index is 1.44. The molecule has 0 saturated carbocycles. The van der Waals surface area contributed by atoms with E-state index in [1.807, 2.05) is 24.3 Å². The highest BCUT2D eigenvalue weighted by Gasteiger charge is 2.42. The fourth-order valence-corrected chi connectivity index (χ4v) is 4.53. The van der Waals surface area contributed by atoms with Crippen LogP contribution in [0.3, 0.4) is 0 Å². The monoisotopic (exact) mass is 410 g/mol. The average Bonchev–Trinajstić information content (AvgIpc) is 3.30. The lowest BCUT2D eigenvalue weighted by molar-refractivity contribution is -0.146. The molecule has 2 amide bonds. The van der Waals surface area contributed by atoms with Crippen molar-refractivity contribution >= 4 is 11.8 Å². The number of carbonyl (C=O) groups is 2. The SMILES string of the molecule is NC(=O)C1(Cc2ccc(-c3ccccc3F)cc2)CCN(C(=O)C2CCCO2)CC1. The Hall–Kier alpha value is -2.73. The maximum atomic E-state index is 14.0. The van der Waals surface area contributed by atoms with E-state index in [1.165, 1.54) is 6.07 Å². The number of piperidine rings is 1. The topological polar surface area (TPSA) is 72.6 Å². The fraction of sp³-hybridized carbons (Fsp3) is 0.417. The van der Waals surface area contributed by atoms with Crippen molar-refractivity contribution in [2.45, 2.75) is 38.2 Å². The number of nitrogens with two attached hydrogens (primary N) is 1. The van der Waals surface area contributed by atoms with Crippen molar-refractivity contribution in [3.8, 4) is 11.1 Å². The van der Waals surface area contributed by atoms with Crippen LogP contribution in [0.1, 0.15) is 31.2 Å². The van der Waals surface area contributed by atoms with E-state index in [0.717, 1.165) is 24.0 Å². The van der Waals surface area contributed by atoms with Gasteiger partial charge in [0.05, 0.1) is 5.41 Å². The molecule has 2 aromatic carbocycles. The number of carbonyl (C=O) groups excluding carboxylic acids is 2. The van der Waals surface area contributed by atoms with Crippen LogP contribution >= 0.6 is 0 Å². The number of halogens is 1. The van der Waals surface area contributed by atoms with Gasteiger partial charge in [0.2, 0.25) is 5.91 Å². The molecule has 2 aliphatic rings. The number of hydrogen-bond acceptors (Lipinski definition) is 3. The van der Waals surface area contributed by atoms with E-state index >= 15 is 0 Å². The highest BCUT2D eigenvalue weighted by Crippen LogP contribution is 2.36. The van der Waals surface area contributed by atoms with E-state index in [0.29, 0.717) is 44.5 Å². The predicted molar refractivity (Wildman–Crippen MR) is 112 cm³/mol. The van der Waals surface area contributed by atoms with Crippen LogP contribution < -0.4 is 5.73 Å². The lowest BCUT2D eigenvalue weighted by atomic mass is 9.73. The predicted octanol–water partition coefficient (Wildman–Crippen LogP) is 3.31. The molecule has 4 rings (SSSR count). The molecule has 1 atom stereocenters. The lowest BCUT2D eigenvalue weighted by Crippen LogP contribution is -2.51. The van der Waals surface area contributed by atoms with E-state index in [2.05, 4.69) is 0 Å². The third-order valence-corrected chi connectivity index (χ3v) is 6.44. The van der Waals surface area contributed by atoms with E-state index in [-0.39, 0.29) is 23.7 Å². The van der Waals surface area contributed by atoms with E-state index in [4.69, 9.17) is 10.5 Å². The highest BCUT2D eigenvalue weighted by atomic mass is 19.1. The molecular formula is C24H27FN2O3. The molecule has 2 aliphatic heterocycles. The molecule has 0 aromatic heterocycles. The zero-order valence-electron chi connectivity index (χ0n) is 17.0. The summed E-state index contributed by atoms with van der Waals surface area (Å²) in [5.41, 5.74) is 7.47. The minimum Gasteiger partial charge on any atom is -0.369 e. The van der Waals surface area contributed by atoms with Gasteiger partial charge in [-0.05, 0) is 49.3 Å². The molecule has 0 aliphatic carbocycles. The fourth-order valence-electron chi connectivity index (χ4n) is 4.53. The van der Waals surface area contributed by atoms with Crippen molar-refractivity contribution in [3.05, 3.63) is 59.9 Å². The van der Waals surface area contributed by atoms with Gasteiger partial charge in [-0.1, -0.05) is 42.5 Å². The molecule has 0 bridgehead atoms. The Bertz CT molecular complexity index is 914. The standard InChI is InChI=1S/C24H27FN2O3/c25-20-5-2-1-4-19(20)18-9-7-17(8-10-18)16-24(23(26)29)11-13-27(14-12-24)22(28)21-6-3-15-30-21/h1-2,4-5,7-10,21H,3,6,11-16H2,(H2,26,29). The summed E-state index contributed by atoms with van der Waals surface area (Å²) >= 11 is 0. The summed E-state index contributed by atoms with van der Waals surface area (Å²) in [4.78, 5) is 26.8. The summed E-state index contributed by atoms with van der Waals surface area (Å²) in [6.07, 6.45) is 2.94. The van der Waals surface area contributed by atoms with Gasteiger partial charge < -0.3 is 15.4 Å². The van der Waals surface area contributed by atoms with Gasteiger partial charge in [-0.2, -0.15) is 0 Å². The van der Waals surface area contributed by atoms with Crippen LogP contribution in [0.15, 0.2) is 48.5 Å². The smallest absolute Gasteiger partial charge is 0.251 e. The minimum absolute atomic E-state index is 0.0276. The van der Waals surface area contributed by atoms with Crippen LogP contribution in [0.4, 0.5) is 4.39 Å². The molecule has 1 unspecified atom stereocenters. The van der Waals surface area contributed by atoms with Gasteiger partial charge in [-0.25, -0.2) is 4.39 Å². The van der Waals surface area contributed by atoms with Gasteiger partial charge >= 0.3 is 0 Å². The molecule has 0 radical (unpaired) electrons. The number of benzene rings is 2. The maximum Gasteiger partial charge on any atom is 0.251 e. The largest absolute Gasteiger partial charge is 0.369 e. The van der Waals surface area contributed by atoms with Crippen molar-refractivity contribution in [1.82, 2.24) is 4.90 Å². The number of hydrogen-bond donors (Lipinski definition) is 1. The molecule has 5 nitrogen and oxygen atoms in total. The number of nitrogens with zero attached hydrogens (tertiary/aromatic N) is 1. The molecule has 6 heteroatoms. The molecule has 0 spiro atoms. The number of rotatable bonds is 5. The Morgan fingerprint density at radius 2 is 1.80 bits per heavy atom. The van der Waals surface area contributed by atoms with Crippen molar-refractivity contribution < 1.29 is 18.7 Å². The molecule has 30 heavy (non-hydrogen) atoms. The van der Waals surface area contributed by atoms with E-state index < -0.39 is 5.41 Å². The van der Waals surface area contributed by atoms with Gasteiger partial charge in [0.25, 0.3) is 5.91 Å². The summed E-state index contributed by atoms with van der Waals surface area (Å²) in [5, 5.41) is 0. The third kappa shape index (κ3) is 4.10. The van der Waals surface area contributed by atoms with E-state index in [9.17, 15) is 14.0 Å². The first kappa shape index (κ1) is 20.5. The summed E-state index contributed by atoms with van der Waals surface area (Å²) in [6, 6.07) is 14.3. The van der Waals surface area contributed by atoms with Crippen molar-refractivity contribution in [1.29, 1.82) is 0 Å². The number of amides is 2. The van der Waals surface area contributed by atoms with Crippen LogP contribution in [-0.2, 0) is 20.7 Å². The molecular weight excluding hydrogens is 383 g/mol. The minimum atomic E-state index is -0.674. The second kappa shape index (κ2) is 8.56. The summed E-state index contributed by atoms with van der Waals surface area (Å²) in [6.45, 7) is 1.65. The first-order valence-corrected chi connectivity index (χ1v) is 10.5. The molecule has 2 heterocycles. The summed E-state index contributed by atoms with van der Waals surface area (Å²) in [5.74, 6) is -0.563. The number of likely N-dealkylation sites (tertiary alicyclic amines) is 1. The molecule has 158 valence electrons. The van der Waals surface area contributed by atoms with Crippen LogP contribution in [0.2, 0.25) is 0 Å². The van der Waals surface area contributed by atoms with Crippen LogP contribution in [-0.4, -0.2) is 42.5 Å². The van der Waals surface area contributed by atoms with Gasteiger partial charge in [-0.3, -0.25) is 9.59 Å². The quantitative estimate of drug-likeness (QED) is 0.822. The Morgan fingerprint density at radius 1 is 1.10 bits per heavy atom. The zero-order chi connectivity index (χ0) is 21.1. The van der Waals surface area contributed by atoms with Crippen LogP contribution in [0.5, 0.6) is 0 Å². The molecule has 2 N–H and O–H groups in total. The number of ether oxygens (including phenoxy) is 1. The number of primary amides is 1. The highest BCUT2D eigenvalue weighted by molar-refractivity contribution is 5.83. The zero-order valence-corrected chi connectivity index (χ0v) is 17.0. The van der Waals surface area contributed by atoms with Gasteiger partial charge in [0.15, 0.2) is 0 Å².